The highest BCUT2D eigenvalue weighted by Gasteiger charge is 2.37. The molecule has 0 aliphatic carbocycles. The van der Waals surface area contributed by atoms with Crippen molar-refractivity contribution < 1.29 is 19.2 Å². The van der Waals surface area contributed by atoms with Gasteiger partial charge in [0.1, 0.15) is 0 Å². The predicted molar refractivity (Wildman–Crippen MR) is 43.3 cm³/mol. The van der Waals surface area contributed by atoms with Gasteiger partial charge >= 0.3 is 17.8 Å². The molecule has 2 rings (SSSR count). The Hall–Kier alpha value is -1.79. The van der Waals surface area contributed by atoms with E-state index in [4.69, 9.17) is 5.11 Å². The highest BCUT2D eigenvalue weighted by atomic mass is 16.5. The number of carboxylic acid groups (broad SMARTS) is 1. The largest absolute Gasteiger partial charge is 0.480 e. The van der Waals surface area contributed by atoms with E-state index in [0.717, 1.165) is 6.42 Å². The molecule has 1 aliphatic rings. The molecule has 1 aromatic heterocycles. The third-order valence-corrected chi connectivity index (χ3v) is 2.25. The van der Waals surface area contributed by atoms with Gasteiger partial charge in [0.05, 0.1) is 6.54 Å². The van der Waals surface area contributed by atoms with Crippen LogP contribution in [0.1, 0.15) is 12.8 Å². The van der Waals surface area contributed by atoms with Crippen LogP contribution in [0.15, 0.2) is 15.5 Å². The van der Waals surface area contributed by atoms with E-state index >= 15 is 0 Å². The summed E-state index contributed by atoms with van der Waals surface area (Å²) in [6.45, 7) is 0.594. The van der Waals surface area contributed by atoms with Gasteiger partial charge in [0.2, 0.25) is 0 Å². The summed E-state index contributed by atoms with van der Waals surface area (Å²) in [4.78, 5) is 22.8. The normalized spacial score (nSPS) is 21.4. The zero-order valence-electron chi connectivity index (χ0n) is 7.34. The first-order valence-corrected chi connectivity index (χ1v) is 4.28. The molecule has 0 amide bonds. The maximum atomic E-state index is 10.8. The van der Waals surface area contributed by atoms with Gasteiger partial charge in [0.25, 0.3) is 0 Å². The van der Waals surface area contributed by atoms with Crippen LogP contribution < -0.4 is 15.4 Å². The van der Waals surface area contributed by atoms with Crippen LogP contribution in [0.4, 0.5) is 0 Å². The zero-order chi connectivity index (χ0) is 10.1. The maximum Gasteiger partial charge on any atom is 0.430 e. The van der Waals surface area contributed by atoms with Gasteiger partial charge in [0, 0.05) is 10.1 Å². The number of carbonyl (C=O) groups is 1. The van der Waals surface area contributed by atoms with Gasteiger partial charge < -0.3 is 5.11 Å². The van der Waals surface area contributed by atoms with Crippen LogP contribution in [0.2, 0.25) is 0 Å². The van der Waals surface area contributed by atoms with Crippen LogP contribution in [-0.2, 0) is 4.79 Å². The minimum Gasteiger partial charge on any atom is -0.480 e. The molecule has 7 heteroatoms. The summed E-state index contributed by atoms with van der Waals surface area (Å²) in [5.74, 6) is -0.892. The molecule has 1 aromatic rings. The first-order chi connectivity index (χ1) is 6.68. The molecular weight excluding hydrogens is 190 g/mol. The standard InChI is InChI=1S/C7H9N3O4/c11-6-4-10(8-14-6)9-3-1-2-5(9)7(12)13/h4-5H,1-3H2,(H-,8,11,12,13)/p+1. The Labute approximate surface area is 78.5 Å². The lowest BCUT2D eigenvalue weighted by Gasteiger charge is -2.11. The van der Waals surface area contributed by atoms with E-state index in [1.54, 1.807) is 5.01 Å². The molecule has 1 atom stereocenters. The van der Waals surface area contributed by atoms with Crippen molar-refractivity contribution >= 4 is 5.97 Å². The van der Waals surface area contributed by atoms with Crippen LogP contribution in [0.25, 0.3) is 0 Å². The molecule has 0 aromatic carbocycles. The monoisotopic (exact) mass is 200 g/mol. The molecule has 1 saturated heterocycles. The summed E-state index contributed by atoms with van der Waals surface area (Å²) in [6.07, 6.45) is 2.55. The Morgan fingerprint density at radius 3 is 3.14 bits per heavy atom. The topological polar surface area (TPSA) is 90.4 Å². The van der Waals surface area contributed by atoms with E-state index in [0.29, 0.717) is 13.0 Å². The lowest BCUT2D eigenvalue weighted by molar-refractivity contribution is -0.759. The maximum absolute atomic E-state index is 10.8. The Balaban J connectivity index is 2.25. The van der Waals surface area contributed by atoms with Crippen molar-refractivity contribution in [2.24, 2.45) is 0 Å². The number of nitrogens with one attached hydrogen (secondary N) is 1. The molecule has 1 fully saturated rings. The van der Waals surface area contributed by atoms with E-state index in [1.165, 1.54) is 11.0 Å². The third-order valence-electron chi connectivity index (χ3n) is 2.25. The number of rotatable bonds is 2. The van der Waals surface area contributed by atoms with Crippen LogP contribution in [0.5, 0.6) is 0 Å². The van der Waals surface area contributed by atoms with Crippen molar-refractivity contribution in [1.29, 1.82) is 0 Å². The van der Waals surface area contributed by atoms with Crippen LogP contribution in [0, 0.1) is 0 Å². The minimum atomic E-state index is -0.892. The lowest BCUT2D eigenvalue weighted by Crippen LogP contribution is -2.63. The van der Waals surface area contributed by atoms with Crippen molar-refractivity contribution in [3.8, 4) is 0 Å². The molecule has 14 heavy (non-hydrogen) atoms. The number of H-pyrrole nitrogens is 1. The van der Waals surface area contributed by atoms with Crippen molar-refractivity contribution in [2.75, 3.05) is 11.6 Å². The van der Waals surface area contributed by atoms with Gasteiger partial charge in [0.15, 0.2) is 6.04 Å². The van der Waals surface area contributed by atoms with Crippen LogP contribution >= 0.6 is 0 Å². The quantitative estimate of drug-likeness (QED) is 0.563. The molecule has 0 radical (unpaired) electrons. The summed E-state index contributed by atoms with van der Waals surface area (Å²) in [7, 11) is 0. The van der Waals surface area contributed by atoms with Gasteiger partial charge in [-0.05, 0) is 12.8 Å². The molecule has 76 valence electrons. The fraction of sp³-hybridized carbons (Fsp3) is 0.571. The van der Waals surface area contributed by atoms with Gasteiger partial charge in [-0.2, -0.15) is 0 Å². The van der Waals surface area contributed by atoms with E-state index in [1.807, 2.05) is 0 Å². The summed E-state index contributed by atoms with van der Waals surface area (Å²) in [6, 6.07) is -0.590. The fourth-order valence-electron chi connectivity index (χ4n) is 1.63. The van der Waals surface area contributed by atoms with Gasteiger partial charge in [-0.25, -0.2) is 9.59 Å². The molecule has 1 aliphatic heterocycles. The second kappa shape index (κ2) is 3.17. The first-order valence-electron chi connectivity index (χ1n) is 4.28. The molecule has 7 nitrogen and oxygen atoms in total. The third kappa shape index (κ3) is 1.36. The minimum absolute atomic E-state index is 0.527. The molecule has 2 heterocycles. The van der Waals surface area contributed by atoms with Crippen molar-refractivity contribution in [3.05, 3.63) is 16.6 Å². The average molecular weight is 200 g/mol. The zero-order valence-corrected chi connectivity index (χ0v) is 7.34. The number of aromatic nitrogens is 2. The molecule has 2 N–H and O–H groups in total. The Morgan fingerprint density at radius 2 is 2.57 bits per heavy atom. The molecule has 0 bridgehead atoms. The van der Waals surface area contributed by atoms with E-state index in [2.05, 4.69) is 9.79 Å². The smallest absolute Gasteiger partial charge is 0.430 e. The van der Waals surface area contributed by atoms with E-state index in [9.17, 15) is 9.59 Å². The summed E-state index contributed by atoms with van der Waals surface area (Å²) >= 11 is 0. The predicted octanol–water partition coefficient (Wildman–Crippen LogP) is -1.56. The van der Waals surface area contributed by atoms with Gasteiger partial charge in [-0.15, -0.1) is 5.01 Å². The lowest BCUT2D eigenvalue weighted by atomic mass is 10.2. The molecular formula is C7H10N3O4+. The second-order valence-electron chi connectivity index (χ2n) is 3.15. The number of hydrogen-bond acceptors (Lipinski definition) is 4. The average Bonchev–Trinajstić information content (AvgIpc) is 2.70. The number of carboxylic acids is 1. The van der Waals surface area contributed by atoms with Gasteiger partial charge in [-0.3, -0.25) is 4.52 Å². The SMILES string of the molecule is O=C(O)C1CCCN1[n+]1cc(=O)o[nH]1. The Morgan fingerprint density at radius 1 is 1.79 bits per heavy atom. The number of aromatic amines is 1. The van der Waals surface area contributed by atoms with Gasteiger partial charge in [-0.1, -0.05) is 0 Å². The number of hydrogen-bond donors (Lipinski definition) is 2. The summed E-state index contributed by atoms with van der Waals surface area (Å²) in [5, 5.41) is 12.7. The van der Waals surface area contributed by atoms with Crippen molar-refractivity contribution in [3.63, 3.8) is 0 Å². The molecule has 0 spiro atoms. The molecule has 1 unspecified atom stereocenters. The van der Waals surface area contributed by atoms with Crippen LogP contribution in [-0.4, -0.2) is 28.9 Å². The van der Waals surface area contributed by atoms with Crippen LogP contribution in [0.3, 0.4) is 0 Å². The number of nitrogens with zero attached hydrogens (tertiary/aromatic N) is 2. The van der Waals surface area contributed by atoms with E-state index < -0.39 is 17.6 Å². The molecule has 0 saturated carbocycles. The highest BCUT2D eigenvalue weighted by molar-refractivity contribution is 5.75. The van der Waals surface area contributed by atoms with Crippen molar-refractivity contribution in [1.82, 2.24) is 5.27 Å². The first kappa shape index (κ1) is 8.79. The Kier molecular flexibility index (Phi) is 1.99. The summed E-state index contributed by atoms with van der Waals surface area (Å²) in [5.41, 5.74) is -0.527. The fourth-order valence-corrected chi connectivity index (χ4v) is 1.63. The Bertz CT molecular complexity index is 396. The van der Waals surface area contributed by atoms with E-state index in [-0.39, 0.29) is 0 Å². The number of aliphatic carboxylic acids is 1. The summed E-state index contributed by atoms with van der Waals surface area (Å²) < 4.78 is 4.45. The highest BCUT2D eigenvalue weighted by Crippen LogP contribution is 2.11. The second-order valence-corrected chi connectivity index (χ2v) is 3.15. The van der Waals surface area contributed by atoms with Crippen molar-refractivity contribution in [2.45, 2.75) is 18.9 Å².